The van der Waals surface area contributed by atoms with Gasteiger partial charge < -0.3 is 9.84 Å². The lowest BCUT2D eigenvalue weighted by atomic mass is 10.0. The highest BCUT2D eigenvalue weighted by molar-refractivity contribution is 5.89. The maximum atomic E-state index is 11.3. The molecule has 0 bridgehead atoms. The number of likely N-dealkylation sites (tertiary alicyclic amines) is 1. The molecule has 0 radical (unpaired) electrons. The van der Waals surface area contributed by atoms with Crippen molar-refractivity contribution >= 4 is 5.97 Å². The van der Waals surface area contributed by atoms with Gasteiger partial charge in [-0.05, 0) is 36.6 Å². The van der Waals surface area contributed by atoms with Crippen LogP contribution in [0.1, 0.15) is 29.3 Å². The maximum absolute atomic E-state index is 11.3. The van der Waals surface area contributed by atoms with Crippen molar-refractivity contribution in [1.29, 1.82) is 0 Å². The lowest BCUT2D eigenvalue weighted by Gasteiger charge is -2.25. The van der Waals surface area contributed by atoms with E-state index in [1.54, 1.807) is 12.1 Å². The number of esters is 1. The van der Waals surface area contributed by atoms with Crippen molar-refractivity contribution in [3.05, 3.63) is 35.4 Å². The highest BCUT2D eigenvalue weighted by Crippen LogP contribution is 2.25. The Bertz CT molecular complexity index is 430. The van der Waals surface area contributed by atoms with E-state index in [-0.39, 0.29) is 18.6 Å². The van der Waals surface area contributed by atoms with Gasteiger partial charge in [0.05, 0.1) is 19.3 Å². The second kappa shape index (κ2) is 6.17. The zero-order valence-corrected chi connectivity index (χ0v) is 11.5. The van der Waals surface area contributed by atoms with Crippen LogP contribution in [0.3, 0.4) is 0 Å². The molecule has 104 valence electrons. The minimum absolute atomic E-state index is 0.210. The number of methoxy groups -OCH3 is 1. The number of rotatable bonds is 4. The lowest BCUT2D eigenvalue weighted by molar-refractivity contribution is 0.0600. The molecular weight excluding hydrogens is 242 g/mol. The second-order valence-electron chi connectivity index (χ2n) is 5.17. The number of ether oxygens (including phenoxy) is 1. The van der Waals surface area contributed by atoms with Crippen LogP contribution in [0.15, 0.2) is 24.3 Å². The Morgan fingerprint density at radius 1 is 1.42 bits per heavy atom. The molecule has 4 heteroatoms. The number of hydrogen-bond donors (Lipinski definition) is 1. The van der Waals surface area contributed by atoms with Crippen LogP contribution >= 0.6 is 0 Å². The Hall–Kier alpha value is -1.39. The quantitative estimate of drug-likeness (QED) is 0.840. The van der Waals surface area contributed by atoms with E-state index in [9.17, 15) is 9.90 Å². The number of benzene rings is 1. The van der Waals surface area contributed by atoms with Gasteiger partial charge in [-0.3, -0.25) is 4.90 Å². The van der Waals surface area contributed by atoms with E-state index in [2.05, 4.69) is 16.6 Å². The first-order valence-electron chi connectivity index (χ1n) is 6.68. The first-order chi connectivity index (χ1) is 9.15. The molecule has 1 aromatic rings. The Balaban J connectivity index is 2.02. The predicted octanol–water partition coefficient (Wildman–Crippen LogP) is 1.68. The van der Waals surface area contributed by atoms with Gasteiger partial charge in [-0.1, -0.05) is 19.1 Å². The predicted molar refractivity (Wildman–Crippen MR) is 72.8 cm³/mol. The van der Waals surface area contributed by atoms with Gasteiger partial charge in [0.1, 0.15) is 0 Å². The monoisotopic (exact) mass is 263 g/mol. The summed E-state index contributed by atoms with van der Waals surface area (Å²) >= 11 is 0. The zero-order chi connectivity index (χ0) is 13.8. The fourth-order valence-electron chi connectivity index (χ4n) is 2.68. The molecule has 2 unspecified atom stereocenters. The summed E-state index contributed by atoms with van der Waals surface area (Å²) in [4.78, 5) is 13.6. The van der Waals surface area contributed by atoms with Gasteiger partial charge in [0.2, 0.25) is 0 Å². The van der Waals surface area contributed by atoms with Crippen molar-refractivity contribution in [2.45, 2.75) is 25.9 Å². The molecular formula is C15H21NO3. The van der Waals surface area contributed by atoms with E-state index >= 15 is 0 Å². The molecule has 2 rings (SSSR count). The zero-order valence-electron chi connectivity index (χ0n) is 11.5. The Labute approximate surface area is 114 Å². The third kappa shape index (κ3) is 3.14. The van der Waals surface area contributed by atoms with Crippen LogP contribution in [0, 0.1) is 5.92 Å². The van der Waals surface area contributed by atoms with Crippen LogP contribution in [0.25, 0.3) is 0 Å². The van der Waals surface area contributed by atoms with E-state index in [4.69, 9.17) is 0 Å². The van der Waals surface area contributed by atoms with E-state index in [0.29, 0.717) is 11.5 Å². The van der Waals surface area contributed by atoms with Crippen molar-refractivity contribution in [1.82, 2.24) is 4.90 Å². The van der Waals surface area contributed by atoms with Crippen LogP contribution in [-0.2, 0) is 11.3 Å². The molecule has 1 aliphatic rings. The summed E-state index contributed by atoms with van der Waals surface area (Å²) in [5.74, 6) is 0.230. The molecule has 1 N–H and O–H groups in total. The molecule has 1 heterocycles. The van der Waals surface area contributed by atoms with Gasteiger partial charge in [0.15, 0.2) is 0 Å². The molecule has 0 spiro atoms. The molecule has 0 saturated carbocycles. The van der Waals surface area contributed by atoms with Gasteiger partial charge in [-0.15, -0.1) is 0 Å². The van der Waals surface area contributed by atoms with Crippen molar-refractivity contribution < 1.29 is 14.6 Å². The molecule has 0 aliphatic carbocycles. The lowest BCUT2D eigenvalue weighted by Crippen LogP contribution is -2.34. The molecule has 2 atom stereocenters. The summed E-state index contributed by atoms with van der Waals surface area (Å²) in [5, 5.41) is 9.43. The summed E-state index contributed by atoms with van der Waals surface area (Å²) in [7, 11) is 1.38. The third-order valence-corrected chi connectivity index (χ3v) is 3.95. The number of carbonyl (C=O) groups excluding carboxylic acids is 1. The SMILES string of the molecule is COC(=O)c1ccc(CN2CCC(C)C2CO)cc1. The van der Waals surface area contributed by atoms with E-state index in [1.165, 1.54) is 7.11 Å². The largest absolute Gasteiger partial charge is 0.465 e. The molecule has 19 heavy (non-hydrogen) atoms. The summed E-state index contributed by atoms with van der Waals surface area (Å²) in [5.41, 5.74) is 1.72. The fourth-order valence-corrected chi connectivity index (χ4v) is 2.68. The maximum Gasteiger partial charge on any atom is 0.337 e. The summed E-state index contributed by atoms with van der Waals surface area (Å²) in [6.45, 7) is 4.23. The number of aliphatic hydroxyl groups is 1. The van der Waals surface area contributed by atoms with Gasteiger partial charge >= 0.3 is 5.97 Å². The molecule has 1 saturated heterocycles. The minimum atomic E-state index is -0.311. The standard InChI is InChI=1S/C15H21NO3/c1-11-7-8-16(14(11)10-17)9-12-3-5-13(6-4-12)15(18)19-2/h3-6,11,14,17H,7-10H2,1-2H3. The third-order valence-electron chi connectivity index (χ3n) is 3.95. The van der Waals surface area contributed by atoms with E-state index in [0.717, 1.165) is 25.1 Å². The molecule has 0 aromatic heterocycles. The van der Waals surface area contributed by atoms with Crippen LogP contribution in [-0.4, -0.2) is 42.3 Å². The number of aliphatic hydroxyl groups excluding tert-OH is 1. The van der Waals surface area contributed by atoms with Crippen molar-refractivity contribution in [3.8, 4) is 0 Å². The fraction of sp³-hybridized carbons (Fsp3) is 0.533. The Kier molecular flexibility index (Phi) is 4.56. The van der Waals surface area contributed by atoms with Crippen LogP contribution < -0.4 is 0 Å². The molecule has 1 fully saturated rings. The van der Waals surface area contributed by atoms with E-state index in [1.807, 2.05) is 12.1 Å². The molecule has 4 nitrogen and oxygen atoms in total. The average Bonchev–Trinajstić information content (AvgIpc) is 2.79. The van der Waals surface area contributed by atoms with Crippen LogP contribution in [0.2, 0.25) is 0 Å². The topological polar surface area (TPSA) is 49.8 Å². The number of nitrogens with zero attached hydrogens (tertiary/aromatic N) is 1. The molecule has 1 aliphatic heterocycles. The average molecular weight is 263 g/mol. The van der Waals surface area contributed by atoms with Gasteiger partial charge in [0.25, 0.3) is 0 Å². The van der Waals surface area contributed by atoms with Crippen molar-refractivity contribution in [2.24, 2.45) is 5.92 Å². The number of hydrogen-bond acceptors (Lipinski definition) is 4. The highest BCUT2D eigenvalue weighted by atomic mass is 16.5. The van der Waals surface area contributed by atoms with Gasteiger partial charge in [-0.25, -0.2) is 4.79 Å². The summed E-state index contributed by atoms with van der Waals surface area (Å²) < 4.78 is 4.68. The first kappa shape index (κ1) is 14.0. The van der Waals surface area contributed by atoms with Crippen molar-refractivity contribution in [3.63, 3.8) is 0 Å². The second-order valence-corrected chi connectivity index (χ2v) is 5.17. The molecule has 1 aromatic carbocycles. The smallest absolute Gasteiger partial charge is 0.337 e. The van der Waals surface area contributed by atoms with Gasteiger partial charge in [-0.2, -0.15) is 0 Å². The normalized spacial score (nSPS) is 23.5. The summed E-state index contributed by atoms with van der Waals surface area (Å²) in [6.07, 6.45) is 1.13. The molecule has 0 amide bonds. The van der Waals surface area contributed by atoms with E-state index < -0.39 is 0 Å². The van der Waals surface area contributed by atoms with Crippen molar-refractivity contribution in [2.75, 3.05) is 20.3 Å². The number of carbonyl (C=O) groups is 1. The van der Waals surface area contributed by atoms with Gasteiger partial charge in [0, 0.05) is 12.6 Å². The summed E-state index contributed by atoms with van der Waals surface area (Å²) in [6, 6.07) is 7.72. The highest BCUT2D eigenvalue weighted by Gasteiger charge is 2.30. The van der Waals surface area contributed by atoms with Crippen LogP contribution in [0.5, 0.6) is 0 Å². The Morgan fingerprint density at radius 2 is 2.11 bits per heavy atom. The first-order valence-corrected chi connectivity index (χ1v) is 6.68. The Morgan fingerprint density at radius 3 is 2.68 bits per heavy atom. The minimum Gasteiger partial charge on any atom is -0.465 e. The van der Waals surface area contributed by atoms with Crippen LogP contribution in [0.4, 0.5) is 0 Å².